The van der Waals surface area contributed by atoms with Gasteiger partial charge in [0, 0.05) is 11.3 Å². The Morgan fingerprint density at radius 3 is 2.22 bits per heavy atom. The average Bonchev–Trinajstić information content (AvgIpc) is 2.60. The summed E-state index contributed by atoms with van der Waals surface area (Å²) >= 11 is 0. The third kappa shape index (κ3) is 5.86. The largest absolute Gasteiger partial charge is 0.491 e. The molecule has 0 fully saturated rings. The monoisotopic (exact) mass is 388 g/mol. The number of anilines is 2. The number of ether oxygens (including phenoxy) is 1. The molecule has 0 radical (unpaired) electrons. The Kier molecular flexibility index (Phi) is 6.63. The van der Waals surface area contributed by atoms with Crippen molar-refractivity contribution in [2.75, 3.05) is 22.4 Å². The molecule has 0 saturated heterocycles. The average molecular weight is 388 g/mol. The van der Waals surface area contributed by atoms with Crippen LogP contribution in [0.5, 0.6) is 5.75 Å². The lowest BCUT2D eigenvalue weighted by molar-refractivity contribution is 0.102. The highest BCUT2D eigenvalue weighted by atomic mass is 32.2. The SMILES string of the molecule is C=CCN(c1ccc(C(=O)Nc2ccc(OC(C)C)cc2)cc1)S(C)(=O)=O. The van der Waals surface area contributed by atoms with Gasteiger partial charge in [-0.3, -0.25) is 9.10 Å². The topological polar surface area (TPSA) is 75.7 Å². The van der Waals surface area contributed by atoms with Gasteiger partial charge < -0.3 is 10.1 Å². The van der Waals surface area contributed by atoms with E-state index in [1.165, 1.54) is 10.4 Å². The number of amides is 1. The first-order valence-electron chi connectivity index (χ1n) is 8.47. The summed E-state index contributed by atoms with van der Waals surface area (Å²) in [5.74, 6) is 0.448. The number of carbonyl (C=O) groups is 1. The highest BCUT2D eigenvalue weighted by Gasteiger charge is 2.16. The van der Waals surface area contributed by atoms with E-state index in [9.17, 15) is 13.2 Å². The smallest absolute Gasteiger partial charge is 0.255 e. The third-order valence-corrected chi connectivity index (χ3v) is 4.76. The van der Waals surface area contributed by atoms with E-state index in [2.05, 4.69) is 11.9 Å². The van der Waals surface area contributed by atoms with Crippen molar-refractivity contribution in [2.24, 2.45) is 0 Å². The number of nitrogens with zero attached hydrogens (tertiary/aromatic N) is 1. The van der Waals surface area contributed by atoms with Gasteiger partial charge >= 0.3 is 0 Å². The van der Waals surface area contributed by atoms with E-state index >= 15 is 0 Å². The zero-order valence-corrected chi connectivity index (χ0v) is 16.5. The van der Waals surface area contributed by atoms with Crippen LogP contribution in [0.4, 0.5) is 11.4 Å². The molecule has 0 unspecified atom stereocenters. The quantitative estimate of drug-likeness (QED) is 0.700. The van der Waals surface area contributed by atoms with Crippen LogP contribution >= 0.6 is 0 Å². The molecule has 2 rings (SSSR count). The first kappa shape index (κ1) is 20.5. The van der Waals surface area contributed by atoms with E-state index in [0.29, 0.717) is 16.9 Å². The van der Waals surface area contributed by atoms with E-state index in [0.717, 1.165) is 12.0 Å². The van der Waals surface area contributed by atoms with Gasteiger partial charge in [0.25, 0.3) is 5.91 Å². The summed E-state index contributed by atoms with van der Waals surface area (Å²) in [5.41, 5.74) is 1.54. The lowest BCUT2D eigenvalue weighted by Crippen LogP contribution is -2.29. The standard InChI is InChI=1S/C20H24N2O4S/c1-5-14-22(27(4,24)25)18-10-6-16(7-11-18)20(23)21-17-8-12-19(13-9-17)26-15(2)3/h5-13,15H,1,14H2,2-4H3,(H,21,23). The van der Waals surface area contributed by atoms with Crippen molar-refractivity contribution in [3.8, 4) is 5.75 Å². The van der Waals surface area contributed by atoms with Crippen molar-refractivity contribution >= 4 is 27.3 Å². The molecule has 0 aliphatic heterocycles. The minimum absolute atomic E-state index is 0.0801. The van der Waals surface area contributed by atoms with E-state index in [-0.39, 0.29) is 18.6 Å². The van der Waals surface area contributed by atoms with Gasteiger partial charge in [0.15, 0.2) is 0 Å². The van der Waals surface area contributed by atoms with Gasteiger partial charge in [-0.05, 0) is 62.4 Å². The molecular formula is C20H24N2O4S. The Morgan fingerprint density at radius 2 is 1.74 bits per heavy atom. The zero-order valence-electron chi connectivity index (χ0n) is 15.7. The summed E-state index contributed by atoms with van der Waals surface area (Å²) < 4.78 is 30.5. The predicted octanol–water partition coefficient (Wildman–Crippen LogP) is 3.68. The van der Waals surface area contributed by atoms with Gasteiger partial charge in [0.1, 0.15) is 5.75 Å². The maximum Gasteiger partial charge on any atom is 0.255 e. The first-order valence-corrected chi connectivity index (χ1v) is 10.3. The highest BCUT2D eigenvalue weighted by molar-refractivity contribution is 7.92. The van der Waals surface area contributed by atoms with Crippen molar-refractivity contribution in [2.45, 2.75) is 20.0 Å². The molecule has 7 heteroatoms. The van der Waals surface area contributed by atoms with Crippen molar-refractivity contribution in [1.29, 1.82) is 0 Å². The van der Waals surface area contributed by atoms with Gasteiger partial charge in [-0.25, -0.2) is 8.42 Å². The first-order chi connectivity index (χ1) is 12.7. The molecule has 1 N–H and O–H groups in total. The van der Waals surface area contributed by atoms with Crippen LogP contribution in [0.25, 0.3) is 0 Å². The Morgan fingerprint density at radius 1 is 1.15 bits per heavy atom. The molecular weight excluding hydrogens is 364 g/mol. The van der Waals surface area contributed by atoms with E-state index in [4.69, 9.17) is 4.74 Å². The summed E-state index contributed by atoms with van der Waals surface area (Å²) in [7, 11) is -3.42. The number of nitrogens with one attached hydrogen (secondary N) is 1. The van der Waals surface area contributed by atoms with Gasteiger partial charge in [0.05, 0.1) is 24.6 Å². The Balaban J connectivity index is 2.10. The fraction of sp³-hybridized carbons (Fsp3) is 0.250. The normalized spacial score (nSPS) is 11.1. The maximum atomic E-state index is 12.4. The second kappa shape index (κ2) is 8.73. The minimum atomic E-state index is -3.42. The molecule has 0 aliphatic rings. The molecule has 0 aromatic heterocycles. The molecule has 0 heterocycles. The molecule has 144 valence electrons. The van der Waals surface area contributed by atoms with Crippen molar-refractivity contribution < 1.29 is 17.9 Å². The van der Waals surface area contributed by atoms with Gasteiger partial charge in [-0.1, -0.05) is 6.08 Å². The molecule has 2 aromatic rings. The maximum absolute atomic E-state index is 12.4. The second-order valence-electron chi connectivity index (χ2n) is 6.27. The number of hydrogen-bond donors (Lipinski definition) is 1. The molecule has 1 amide bonds. The van der Waals surface area contributed by atoms with Crippen LogP contribution < -0.4 is 14.4 Å². The van der Waals surface area contributed by atoms with Crippen LogP contribution in [-0.4, -0.2) is 33.2 Å². The number of hydrogen-bond acceptors (Lipinski definition) is 4. The van der Waals surface area contributed by atoms with Crippen LogP contribution in [0.3, 0.4) is 0 Å². The van der Waals surface area contributed by atoms with Crippen LogP contribution in [0.15, 0.2) is 61.2 Å². The van der Waals surface area contributed by atoms with Gasteiger partial charge in [-0.15, -0.1) is 6.58 Å². The zero-order chi connectivity index (χ0) is 20.0. The lowest BCUT2D eigenvalue weighted by atomic mass is 10.2. The number of rotatable bonds is 8. The van der Waals surface area contributed by atoms with Crippen molar-refractivity contribution in [3.63, 3.8) is 0 Å². The summed E-state index contributed by atoms with van der Waals surface area (Å²) in [6.07, 6.45) is 2.72. The summed E-state index contributed by atoms with van der Waals surface area (Å²) in [5, 5.41) is 2.80. The summed E-state index contributed by atoms with van der Waals surface area (Å²) in [6, 6.07) is 13.5. The molecule has 0 aliphatic carbocycles. The minimum Gasteiger partial charge on any atom is -0.491 e. The molecule has 0 bridgehead atoms. The van der Waals surface area contributed by atoms with E-state index in [1.807, 2.05) is 13.8 Å². The van der Waals surface area contributed by atoms with Crippen LogP contribution in [-0.2, 0) is 10.0 Å². The molecule has 0 spiro atoms. The third-order valence-electron chi connectivity index (χ3n) is 3.60. The Hall–Kier alpha value is -2.80. The molecule has 6 nitrogen and oxygen atoms in total. The fourth-order valence-electron chi connectivity index (χ4n) is 2.42. The van der Waals surface area contributed by atoms with Gasteiger partial charge in [0.2, 0.25) is 10.0 Å². The number of sulfonamides is 1. The van der Waals surface area contributed by atoms with Crippen LogP contribution in [0.1, 0.15) is 24.2 Å². The van der Waals surface area contributed by atoms with Crippen LogP contribution in [0, 0.1) is 0 Å². The number of carbonyl (C=O) groups excluding carboxylic acids is 1. The summed E-state index contributed by atoms with van der Waals surface area (Å²) in [6.45, 7) is 7.62. The second-order valence-corrected chi connectivity index (χ2v) is 8.18. The van der Waals surface area contributed by atoms with E-state index in [1.54, 1.807) is 48.5 Å². The summed E-state index contributed by atoms with van der Waals surface area (Å²) in [4.78, 5) is 12.4. The molecule has 0 saturated carbocycles. The highest BCUT2D eigenvalue weighted by Crippen LogP contribution is 2.20. The molecule has 0 atom stereocenters. The predicted molar refractivity (Wildman–Crippen MR) is 109 cm³/mol. The fourth-order valence-corrected chi connectivity index (χ4v) is 3.30. The Labute approximate surface area is 160 Å². The van der Waals surface area contributed by atoms with Gasteiger partial charge in [-0.2, -0.15) is 0 Å². The van der Waals surface area contributed by atoms with Crippen molar-refractivity contribution in [3.05, 3.63) is 66.7 Å². The van der Waals surface area contributed by atoms with E-state index < -0.39 is 10.0 Å². The molecule has 2 aromatic carbocycles. The molecule has 27 heavy (non-hydrogen) atoms. The lowest BCUT2D eigenvalue weighted by Gasteiger charge is -2.20. The van der Waals surface area contributed by atoms with Crippen molar-refractivity contribution in [1.82, 2.24) is 0 Å². The van der Waals surface area contributed by atoms with Crippen LogP contribution in [0.2, 0.25) is 0 Å². The number of benzene rings is 2. The Bertz CT molecular complexity index is 889.